The van der Waals surface area contributed by atoms with Crippen molar-refractivity contribution >= 4 is 32.7 Å². The first-order valence-corrected chi connectivity index (χ1v) is 11.2. The van der Waals surface area contributed by atoms with Crippen LogP contribution in [-0.4, -0.2) is 61.7 Å². The van der Waals surface area contributed by atoms with Crippen molar-refractivity contribution in [2.45, 2.75) is 10.9 Å². The SMILES string of the molecule is O=C(NO)c1cnc(N2CCNC(CNS(=O)(=O)c3ccc4ccccc4c3)C2)nc1. The van der Waals surface area contributed by atoms with E-state index >= 15 is 0 Å². The van der Waals surface area contributed by atoms with Gasteiger partial charge in [0.15, 0.2) is 0 Å². The average molecular weight is 443 g/mol. The zero-order valence-electron chi connectivity index (χ0n) is 16.5. The zero-order chi connectivity index (χ0) is 21.8. The molecule has 0 saturated carbocycles. The first-order chi connectivity index (χ1) is 15.0. The number of rotatable bonds is 6. The number of carbonyl (C=O) groups excluding carboxylic acids is 1. The maximum Gasteiger partial charge on any atom is 0.277 e. The summed E-state index contributed by atoms with van der Waals surface area (Å²) in [4.78, 5) is 21.9. The first-order valence-electron chi connectivity index (χ1n) is 9.69. The second kappa shape index (κ2) is 8.94. The minimum absolute atomic E-state index is 0.140. The maximum atomic E-state index is 12.8. The van der Waals surface area contributed by atoms with Crippen LogP contribution in [0.1, 0.15) is 10.4 Å². The van der Waals surface area contributed by atoms with E-state index in [-0.39, 0.29) is 23.0 Å². The molecule has 1 aliphatic rings. The number of hydrogen-bond donors (Lipinski definition) is 4. The number of benzene rings is 2. The monoisotopic (exact) mass is 442 g/mol. The van der Waals surface area contributed by atoms with Crippen molar-refractivity contribution in [3.8, 4) is 0 Å². The van der Waals surface area contributed by atoms with Gasteiger partial charge >= 0.3 is 0 Å². The van der Waals surface area contributed by atoms with E-state index in [2.05, 4.69) is 20.0 Å². The van der Waals surface area contributed by atoms with E-state index in [0.717, 1.165) is 10.8 Å². The molecule has 1 amide bonds. The van der Waals surface area contributed by atoms with Crippen molar-refractivity contribution in [2.75, 3.05) is 31.1 Å². The van der Waals surface area contributed by atoms with Gasteiger partial charge in [0.1, 0.15) is 0 Å². The van der Waals surface area contributed by atoms with Gasteiger partial charge in [-0.2, -0.15) is 0 Å². The van der Waals surface area contributed by atoms with Crippen LogP contribution < -0.4 is 20.4 Å². The van der Waals surface area contributed by atoms with Gasteiger partial charge in [-0.1, -0.05) is 30.3 Å². The number of piperazine rings is 1. The molecule has 1 aromatic heterocycles. The van der Waals surface area contributed by atoms with E-state index in [1.807, 2.05) is 29.2 Å². The predicted molar refractivity (Wildman–Crippen MR) is 114 cm³/mol. The molecule has 0 bridgehead atoms. The molecule has 0 spiro atoms. The van der Waals surface area contributed by atoms with Crippen LogP contribution in [0.3, 0.4) is 0 Å². The molecule has 162 valence electrons. The van der Waals surface area contributed by atoms with Gasteiger partial charge in [0, 0.05) is 44.6 Å². The number of amides is 1. The van der Waals surface area contributed by atoms with Gasteiger partial charge < -0.3 is 10.2 Å². The lowest BCUT2D eigenvalue weighted by molar-refractivity contribution is 0.0705. The van der Waals surface area contributed by atoms with E-state index in [1.165, 1.54) is 17.9 Å². The van der Waals surface area contributed by atoms with Crippen molar-refractivity contribution in [3.63, 3.8) is 0 Å². The first kappa shape index (κ1) is 21.1. The van der Waals surface area contributed by atoms with Crippen molar-refractivity contribution in [2.24, 2.45) is 0 Å². The van der Waals surface area contributed by atoms with Crippen LogP contribution in [0.25, 0.3) is 10.8 Å². The van der Waals surface area contributed by atoms with Crippen LogP contribution in [-0.2, 0) is 10.0 Å². The van der Waals surface area contributed by atoms with Gasteiger partial charge in [-0.25, -0.2) is 28.6 Å². The quantitative estimate of drug-likeness (QED) is 0.320. The number of sulfonamides is 1. The number of carbonyl (C=O) groups is 1. The Hall–Kier alpha value is -3.12. The molecule has 2 aromatic carbocycles. The summed E-state index contributed by atoms with van der Waals surface area (Å²) >= 11 is 0. The average Bonchev–Trinajstić information content (AvgIpc) is 2.82. The molecule has 1 fully saturated rings. The third kappa shape index (κ3) is 4.80. The largest absolute Gasteiger partial charge is 0.338 e. The van der Waals surface area contributed by atoms with Gasteiger partial charge in [-0.3, -0.25) is 10.0 Å². The highest BCUT2D eigenvalue weighted by Gasteiger charge is 2.24. The van der Waals surface area contributed by atoms with Gasteiger partial charge in [0.05, 0.1) is 10.5 Å². The van der Waals surface area contributed by atoms with E-state index in [9.17, 15) is 13.2 Å². The molecule has 4 rings (SSSR count). The van der Waals surface area contributed by atoms with Crippen molar-refractivity contribution in [1.82, 2.24) is 25.5 Å². The number of nitrogens with one attached hydrogen (secondary N) is 3. The Morgan fingerprint density at radius 1 is 1.16 bits per heavy atom. The fourth-order valence-electron chi connectivity index (χ4n) is 3.44. The highest BCUT2D eigenvalue weighted by atomic mass is 32.2. The van der Waals surface area contributed by atoms with Crippen molar-refractivity contribution in [3.05, 3.63) is 60.4 Å². The smallest absolute Gasteiger partial charge is 0.277 e. The second-order valence-corrected chi connectivity index (χ2v) is 8.94. The van der Waals surface area contributed by atoms with E-state index in [4.69, 9.17) is 5.21 Å². The van der Waals surface area contributed by atoms with Gasteiger partial charge in [-0.05, 0) is 22.9 Å². The fraction of sp³-hybridized carbons (Fsp3) is 0.250. The lowest BCUT2D eigenvalue weighted by Gasteiger charge is -2.33. The molecule has 1 atom stereocenters. The molecule has 3 aromatic rings. The zero-order valence-corrected chi connectivity index (χ0v) is 17.3. The number of hydroxylamine groups is 1. The summed E-state index contributed by atoms with van der Waals surface area (Å²) in [6.45, 7) is 1.96. The molecule has 0 aliphatic carbocycles. The summed E-state index contributed by atoms with van der Waals surface area (Å²) in [5.74, 6) is -0.258. The molecule has 1 saturated heterocycles. The molecular formula is C20H22N6O4S. The Morgan fingerprint density at radius 2 is 1.90 bits per heavy atom. The standard InChI is InChI=1S/C20H22N6O4S/c27-19(25-28)16-10-22-20(23-11-16)26-8-7-21-17(13-26)12-24-31(29,30)18-6-5-14-3-1-2-4-15(14)9-18/h1-6,9-11,17,21,24,28H,7-8,12-13H2,(H,25,27). The molecule has 1 unspecified atom stereocenters. The number of hydrogen-bond acceptors (Lipinski definition) is 8. The fourth-order valence-corrected chi connectivity index (χ4v) is 4.55. The third-order valence-electron chi connectivity index (χ3n) is 5.09. The van der Waals surface area contributed by atoms with E-state index < -0.39 is 15.9 Å². The predicted octanol–water partition coefficient (Wildman–Crippen LogP) is 0.506. The molecule has 4 N–H and O–H groups in total. The highest BCUT2D eigenvalue weighted by Crippen LogP contribution is 2.19. The number of anilines is 1. The summed E-state index contributed by atoms with van der Waals surface area (Å²) in [5, 5.41) is 13.8. The van der Waals surface area contributed by atoms with Crippen LogP contribution >= 0.6 is 0 Å². The van der Waals surface area contributed by atoms with Gasteiger partial charge in [0.25, 0.3) is 5.91 Å². The van der Waals surface area contributed by atoms with Crippen LogP contribution in [0.4, 0.5) is 5.95 Å². The minimum Gasteiger partial charge on any atom is -0.338 e. The van der Waals surface area contributed by atoms with Crippen LogP contribution in [0.5, 0.6) is 0 Å². The summed E-state index contributed by atoms with van der Waals surface area (Å²) in [6, 6.07) is 12.5. The van der Waals surface area contributed by atoms with Crippen LogP contribution in [0.2, 0.25) is 0 Å². The Bertz CT molecular complexity index is 1190. The molecule has 0 radical (unpaired) electrons. The summed E-state index contributed by atoms with van der Waals surface area (Å²) < 4.78 is 28.2. The Kier molecular flexibility index (Phi) is 6.09. The van der Waals surface area contributed by atoms with E-state index in [0.29, 0.717) is 25.6 Å². The molecule has 10 nitrogen and oxygen atoms in total. The molecule has 11 heteroatoms. The van der Waals surface area contributed by atoms with Crippen LogP contribution in [0.15, 0.2) is 59.8 Å². The number of nitrogens with zero attached hydrogens (tertiary/aromatic N) is 3. The minimum atomic E-state index is -3.66. The lowest BCUT2D eigenvalue weighted by atomic mass is 10.1. The lowest BCUT2D eigenvalue weighted by Crippen LogP contribution is -2.55. The topological polar surface area (TPSA) is 137 Å². The van der Waals surface area contributed by atoms with Gasteiger partial charge in [0.2, 0.25) is 16.0 Å². The molecule has 2 heterocycles. The Morgan fingerprint density at radius 3 is 2.65 bits per heavy atom. The van der Waals surface area contributed by atoms with E-state index in [1.54, 1.807) is 18.2 Å². The maximum absolute atomic E-state index is 12.8. The normalized spacial score (nSPS) is 16.9. The van der Waals surface area contributed by atoms with Crippen molar-refractivity contribution < 1.29 is 18.4 Å². The Labute approximate surface area is 179 Å². The summed E-state index contributed by atoms with van der Waals surface area (Å²) in [6.07, 6.45) is 2.65. The number of fused-ring (bicyclic) bond motifs is 1. The molecular weight excluding hydrogens is 420 g/mol. The summed E-state index contributed by atoms with van der Waals surface area (Å²) in [7, 11) is -3.66. The second-order valence-electron chi connectivity index (χ2n) is 7.17. The van der Waals surface area contributed by atoms with Gasteiger partial charge in [-0.15, -0.1) is 0 Å². The third-order valence-corrected chi connectivity index (χ3v) is 6.51. The number of aromatic nitrogens is 2. The van der Waals surface area contributed by atoms with Crippen molar-refractivity contribution in [1.29, 1.82) is 0 Å². The van der Waals surface area contributed by atoms with Crippen LogP contribution in [0, 0.1) is 0 Å². The summed E-state index contributed by atoms with van der Waals surface area (Å²) in [5.41, 5.74) is 1.67. The molecule has 1 aliphatic heterocycles. The highest BCUT2D eigenvalue weighted by molar-refractivity contribution is 7.89. The Balaban J connectivity index is 1.40. The molecule has 31 heavy (non-hydrogen) atoms.